The van der Waals surface area contributed by atoms with Gasteiger partial charge in [-0.2, -0.15) is 0 Å². The SMILES string of the molecule is O=C(O)CCCN(Cc1ccccc1)C(=O)C1CCCCC1. The van der Waals surface area contributed by atoms with E-state index in [1.54, 1.807) is 0 Å². The molecule has 1 N–H and O–H groups in total. The highest BCUT2D eigenvalue weighted by molar-refractivity contribution is 5.79. The average Bonchev–Trinajstić information content (AvgIpc) is 2.55. The summed E-state index contributed by atoms with van der Waals surface area (Å²) in [5, 5.41) is 8.80. The fourth-order valence-electron chi connectivity index (χ4n) is 3.10. The molecule has 2 rings (SSSR count). The van der Waals surface area contributed by atoms with E-state index in [0.29, 0.717) is 19.5 Å². The molecule has 0 spiro atoms. The Kier molecular flexibility index (Phi) is 6.44. The molecule has 1 aromatic carbocycles. The van der Waals surface area contributed by atoms with Gasteiger partial charge in [-0.1, -0.05) is 49.6 Å². The van der Waals surface area contributed by atoms with Crippen LogP contribution in [0.2, 0.25) is 0 Å². The summed E-state index contributed by atoms with van der Waals surface area (Å²) in [4.78, 5) is 25.3. The molecule has 22 heavy (non-hydrogen) atoms. The molecule has 0 saturated heterocycles. The molecule has 1 fully saturated rings. The largest absolute Gasteiger partial charge is 0.481 e. The van der Waals surface area contributed by atoms with Gasteiger partial charge in [0.2, 0.25) is 5.91 Å². The van der Waals surface area contributed by atoms with Gasteiger partial charge in [0.05, 0.1) is 0 Å². The lowest BCUT2D eigenvalue weighted by molar-refractivity contribution is -0.140. The summed E-state index contributed by atoms with van der Waals surface area (Å²) in [5.74, 6) is -0.471. The van der Waals surface area contributed by atoms with Gasteiger partial charge in [-0.15, -0.1) is 0 Å². The Hall–Kier alpha value is -1.84. The van der Waals surface area contributed by atoms with Crippen LogP contribution in [0.25, 0.3) is 0 Å². The highest BCUT2D eigenvalue weighted by Crippen LogP contribution is 2.26. The standard InChI is InChI=1S/C18H25NO3/c20-17(21)12-7-13-19(14-15-8-3-1-4-9-15)18(22)16-10-5-2-6-11-16/h1,3-4,8-9,16H,2,5-7,10-14H2,(H,20,21). The Morgan fingerprint density at radius 3 is 2.41 bits per heavy atom. The second-order valence-corrected chi connectivity index (χ2v) is 6.08. The quantitative estimate of drug-likeness (QED) is 0.839. The summed E-state index contributed by atoms with van der Waals surface area (Å²) in [5.41, 5.74) is 1.10. The molecule has 4 nitrogen and oxygen atoms in total. The molecular formula is C18H25NO3. The van der Waals surface area contributed by atoms with E-state index in [0.717, 1.165) is 31.2 Å². The Labute approximate surface area is 132 Å². The van der Waals surface area contributed by atoms with Crippen LogP contribution in [0.3, 0.4) is 0 Å². The van der Waals surface area contributed by atoms with Crippen molar-refractivity contribution in [1.29, 1.82) is 0 Å². The van der Waals surface area contributed by atoms with Crippen LogP contribution in [-0.4, -0.2) is 28.4 Å². The second kappa shape index (κ2) is 8.57. The van der Waals surface area contributed by atoms with E-state index in [-0.39, 0.29) is 18.2 Å². The molecular weight excluding hydrogens is 278 g/mol. The molecule has 0 aromatic heterocycles. The maximum absolute atomic E-state index is 12.8. The summed E-state index contributed by atoms with van der Waals surface area (Å²) in [6.45, 7) is 1.10. The molecule has 1 saturated carbocycles. The number of carboxylic acid groups (broad SMARTS) is 1. The van der Waals surface area contributed by atoms with Gasteiger partial charge in [0.25, 0.3) is 0 Å². The number of rotatable bonds is 7. The van der Waals surface area contributed by atoms with Crippen molar-refractivity contribution in [2.45, 2.75) is 51.5 Å². The lowest BCUT2D eigenvalue weighted by Crippen LogP contribution is -2.37. The molecule has 0 heterocycles. The van der Waals surface area contributed by atoms with Crippen molar-refractivity contribution >= 4 is 11.9 Å². The summed E-state index contributed by atoms with van der Waals surface area (Å²) >= 11 is 0. The Bertz CT molecular complexity index is 480. The van der Waals surface area contributed by atoms with Crippen molar-refractivity contribution in [1.82, 2.24) is 4.90 Å². The van der Waals surface area contributed by atoms with E-state index in [4.69, 9.17) is 5.11 Å². The number of hydrogen-bond donors (Lipinski definition) is 1. The molecule has 0 unspecified atom stereocenters. The normalized spacial score (nSPS) is 15.5. The predicted octanol–water partition coefficient (Wildman–Crippen LogP) is 3.46. The van der Waals surface area contributed by atoms with Crippen molar-refractivity contribution in [2.24, 2.45) is 5.92 Å². The van der Waals surface area contributed by atoms with Crippen molar-refractivity contribution in [3.05, 3.63) is 35.9 Å². The number of carbonyl (C=O) groups excluding carboxylic acids is 1. The molecule has 1 aliphatic carbocycles. The first-order valence-electron chi connectivity index (χ1n) is 8.21. The van der Waals surface area contributed by atoms with Crippen LogP contribution in [-0.2, 0) is 16.1 Å². The van der Waals surface area contributed by atoms with Gasteiger partial charge < -0.3 is 10.0 Å². The fourth-order valence-corrected chi connectivity index (χ4v) is 3.10. The summed E-state index contributed by atoms with van der Waals surface area (Å²) in [6.07, 6.45) is 6.06. The van der Waals surface area contributed by atoms with E-state index < -0.39 is 5.97 Å². The zero-order chi connectivity index (χ0) is 15.8. The number of benzene rings is 1. The van der Waals surface area contributed by atoms with Gasteiger partial charge >= 0.3 is 5.97 Å². The first-order chi connectivity index (χ1) is 10.7. The number of carboxylic acids is 1. The number of carbonyl (C=O) groups is 2. The highest BCUT2D eigenvalue weighted by Gasteiger charge is 2.25. The number of aliphatic carboxylic acids is 1. The minimum absolute atomic E-state index is 0.114. The monoisotopic (exact) mass is 303 g/mol. The number of nitrogens with zero attached hydrogens (tertiary/aromatic N) is 1. The molecule has 120 valence electrons. The Morgan fingerprint density at radius 2 is 1.77 bits per heavy atom. The summed E-state index contributed by atoms with van der Waals surface area (Å²) < 4.78 is 0. The first kappa shape index (κ1) is 16.5. The molecule has 1 amide bonds. The van der Waals surface area contributed by atoms with Gasteiger partial charge in [-0.3, -0.25) is 9.59 Å². The maximum atomic E-state index is 12.8. The van der Waals surface area contributed by atoms with Crippen LogP contribution < -0.4 is 0 Å². The molecule has 0 atom stereocenters. The summed E-state index contributed by atoms with van der Waals surface area (Å²) in [7, 11) is 0. The van der Waals surface area contributed by atoms with Crippen LogP contribution in [0, 0.1) is 5.92 Å². The van der Waals surface area contributed by atoms with E-state index >= 15 is 0 Å². The van der Waals surface area contributed by atoms with Gasteiger partial charge in [0.1, 0.15) is 0 Å². The maximum Gasteiger partial charge on any atom is 0.303 e. The zero-order valence-electron chi connectivity index (χ0n) is 13.0. The number of amides is 1. The topological polar surface area (TPSA) is 57.6 Å². The van der Waals surface area contributed by atoms with Crippen molar-refractivity contribution in [2.75, 3.05) is 6.54 Å². The van der Waals surface area contributed by atoms with Gasteiger partial charge in [-0.25, -0.2) is 0 Å². The van der Waals surface area contributed by atoms with Gasteiger partial charge in [0.15, 0.2) is 0 Å². The van der Waals surface area contributed by atoms with E-state index in [1.165, 1.54) is 6.42 Å². The predicted molar refractivity (Wildman–Crippen MR) is 85.3 cm³/mol. The second-order valence-electron chi connectivity index (χ2n) is 6.08. The smallest absolute Gasteiger partial charge is 0.303 e. The van der Waals surface area contributed by atoms with E-state index in [9.17, 15) is 9.59 Å². The minimum Gasteiger partial charge on any atom is -0.481 e. The van der Waals surface area contributed by atoms with E-state index in [1.807, 2.05) is 35.2 Å². The minimum atomic E-state index is -0.801. The molecule has 1 aliphatic rings. The summed E-state index contributed by atoms with van der Waals surface area (Å²) in [6, 6.07) is 9.92. The Balaban J connectivity index is 1.99. The lowest BCUT2D eigenvalue weighted by Gasteiger charge is -2.29. The third-order valence-corrected chi connectivity index (χ3v) is 4.30. The van der Waals surface area contributed by atoms with Crippen molar-refractivity contribution < 1.29 is 14.7 Å². The van der Waals surface area contributed by atoms with Gasteiger partial charge in [0, 0.05) is 25.4 Å². The van der Waals surface area contributed by atoms with Crippen molar-refractivity contribution in [3.63, 3.8) is 0 Å². The van der Waals surface area contributed by atoms with Crippen LogP contribution in [0.4, 0.5) is 0 Å². The van der Waals surface area contributed by atoms with E-state index in [2.05, 4.69) is 0 Å². The zero-order valence-corrected chi connectivity index (χ0v) is 13.0. The lowest BCUT2D eigenvalue weighted by atomic mass is 9.88. The third kappa shape index (κ3) is 5.17. The number of hydrogen-bond acceptors (Lipinski definition) is 2. The fraction of sp³-hybridized carbons (Fsp3) is 0.556. The Morgan fingerprint density at radius 1 is 1.09 bits per heavy atom. The average molecular weight is 303 g/mol. The molecule has 0 radical (unpaired) electrons. The van der Waals surface area contributed by atoms with Crippen LogP contribution in [0.5, 0.6) is 0 Å². The van der Waals surface area contributed by atoms with Crippen molar-refractivity contribution in [3.8, 4) is 0 Å². The molecule has 1 aromatic rings. The van der Waals surface area contributed by atoms with Crippen LogP contribution in [0.1, 0.15) is 50.5 Å². The van der Waals surface area contributed by atoms with Crippen LogP contribution in [0.15, 0.2) is 30.3 Å². The molecule has 0 aliphatic heterocycles. The molecule has 4 heteroatoms. The first-order valence-corrected chi connectivity index (χ1v) is 8.21. The molecule has 0 bridgehead atoms. The van der Waals surface area contributed by atoms with Crippen LogP contribution >= 0.6 is 0 Å². The highest BCUT2D eigenvalue weighted by atomic mass is 16.4. The third-order valence-electron chi connectivity index (χ3n) is 4.30. The van der Waals surface area contributed by atoms with Gasteiger partial charge in [-0.05, 0) is 24.8 Å².